The minimum atomic E-state index is -0.485. The molecule has 5 rings (SSSR count). The number of benzene rings is 3. The molecular formula is C27H22O8. The number of Topliss-reactive ketones (excluding diaryl/α,β-unsaturated/α-hetero) is 1. The Bertz CT molecular complexity index is 1390. The number of carbonyl (C=O) groups is 2. The monoisotopic (exact) mass is 474 g/mol. The van der Waals surface area contributed by atoms with Gasteiger partial charge in [0.2, 0.25) is 5.78 Å². The van der Waals surface area contributed by atoms with Gasteiger partial charge in [-0.1, -0.05) is 6.07 Å². The Labute approximate surface area is 201 Å². The zero-order valence-electron chi connectivity index (χ0n) is 19.3. The van der Waals surface area contributed by atoms with Crippen LogP contribution in [0.2, 0.25) is 0 Å². The number of hydrogen-bond acceptors (Lipinski definition) is 8. The van der Waals surface area contributed by atoms with Crippen LogP contribution in [0.15, 0.2) is 54.3 Å². The summed E-state index contributed by atoms with van der Waals surface area (Å²) < 4.78 is 27.4. The highest BCUT2D eigenvalue weighted by molar-refractivity contribution is 6.15. The number of hydrogen-bond donors (Lipinski definition) is 1. The summed E-state index contributed by atoms with van der Waals surface area (Å²) in [6, 6.07) is 13.4. The fourth-order valence-electron chi connectivity index (χ4n) is 4.39. The average molecular weight is 474 g/mol. The number of aromatic hydroxyl groups is 1. The normalized spacial score (nSPS) is 17.3. The second kappa shape index (κ2) is 8.72. The molecule has 8 heteroatoms. The van der Waals surface area contributed by atoms with Crippen molar-refractivity contribution < 1.29 is 38.4 Å². The first kappa shape index (κ1) is 22.3. The summed E-state index contributed by atoms with van der Waals surface area (Å²) in [7, 11) is 4.55. The standard InChI is InChI=1S/C27H22O8/c1-31-16-6-4-15(22(12-16)33-3)11-23-26(30)17-7-9-21-25(27(17)35-23)18(13-24(29)34-21)14-5-8-20(32-2)19(28)10-14/h4-12,18,28H,13H2,1-3H3/b23-11-/t18-/m0/s1. The third kappa shape index (κ3) is 3.82. The van der Waals surface area contributed by atoms with E-state index < -0.39 is 11.9 Å². The van der Waals surface area contributed by atoms with Gasteiger partial charge in [-0.15, -0.1) is 0 Å². The maximum Gasteiger partial charge on any atom is 0.312 e. The van der Waals surface area contributed by atoms with E-state index in [2.05, 4.69) is 0 Å². The molecule has 3 aromatic rings. The molecule has 35 heavy (non-hydrogen) atoms. The molecule has 0 aromatic heterocycles. The van der Waals surface area contributed by atoms with Gasteiger partial charge in [0, 0.05) is 23.1 Å². The van der Waals surface area contributed by atoms with Crippen molar-refractivity contribution in [2.45, 2.75) is 12.3 Å². The lowest BCUT2D eigenvalue weighted by Crippen LogP contribution is -2.21. The number of rotatable bonds is 5. The number of allylic oxidation sites excluding steroid dienone is 1. The van der Waals surface area contributed by atoms with Crippen LogP contribution in [-0.2, 0) is 4.79 Å². The van der Waals surface area contributed by atoms with E-state index in [1.165, 1.54) is 14.2 Å². The van der Waals surface area contributed by atoms with Gasteiger partial charge in [-0.2, -0.15) is 0 Å². The van der Waals surface area contributed by atoms with Gasteiger partial charge >= 0.3 is 5.97 Å². The van der Waals surface area contributed by atoms with Gasteiger partial charge in [0.25, 0.3) is 0 Å². The molecule has 0 radical (unpaired) electrons. The fraction of sp³-hybridized carbons (Fsp3) is 0.185. The number of ketones is 1. The number of phenols is 1. The molecule has 0 spiro atoms. The van der Waals surface area contributed by atoms with Gasteiger partial charge in [-0.05, 0) is 48.0 Å². The van der Waals surface area contributed by atoms with Gasteiger partial charge in [-0.25, -0.2) is 0 Å². The second-order valence-corrected chi connectivity index (χ2v) is 8.06. The van der Waals surface area contributed by atoms with E-state index in [9.17, 15) is 14.7 Å². The number of methoxy groups -OCH3 is 3. The topological polar surface area (TPSA) is 101 Å². The average Bonchev–Trinajstić information content (AvgIpc) is 3.18. The van der Waals surface area contributed by atoms with Crippen LogP contribution in [0.4, 0.5) is 0 Å². The van der Waals surface area contributed by atoms with Gasteiger partial charge in [0.1, 0.15) is 23.0 Å². The van der Waals surface area contributed by atoms with Crippen molar-refractivity contribution in [2.75, 3.05) is 21.3 Å². The quantitative estimate of drug-likeness (QED) is 0.328. The lowest BCUT2D eigenvalue weighted by molar-refractivity contribution is -0.135. The van der Waals surface area contributed by atoms with E-state index in [1.807, 2.05) is 0 Å². The number of esters is 1. The molecule has 8 nitrogen and oxygen atoms in total. The van der Waals surface area contributed by atoms with Crippen molar-refractivity contribution in [1.82, 2.24) is 0 Å². The Morgan fingerprint density at radius 2 is 1.71 bits per heavy atom. The zero-order chi connectivity index (χ0) is 24.7. The van der Waals surface area contributed by atoms with Crippen molar-refractivity contribution in [1.29, 1.82) is 0 Å². The molecule has 2 aliphatic heterocycles. The highest BCUT2D eigenvalue weighted by Gasteiger charge is 2.38. The number of ether oxygens (including phenoxy) is 5. The van der Waals surface area contributed by atoms with Crippen molar-refractivity contribution in [3.63, 3.8) is 0 Å². The van der Waals surface area contributed by atoms with Crippen molar-refractivity contribution in [3.05, 3.63) is 76.5 Å². The number of carbonyl (C=O) groups excluding carboxylic acids is 2. The summed E-state index contributed by atoms with van der Waals surface area (Å²) in [5, 5.41) is 10.3. The Morgan fingerprint density at radius 3 is 2.43 bits per heavy atom. The van der Waals surface area contributed by atoms with E-state index in [1.54, 1.807) is 61.7 Å². The van der Waals surface area contributed by atoms with Crippen molar-refractivity contribution in [3.8, 4) is 34.5 Å². The molecule has 0 amide bonds. The first-order valence-corrected chi connectivity index (χ1v) is 10.8. The Morgan fingerprint density at radius 1 is 0.914 bits per heavy atom. The van der Waals surface area contributed by atoms with Crippen LogP contribution in [0.3, 0.4) is 0 Å². The molecule has 0 saturated carbocycles. The SMILES string of the molecule is COc1ccc(/C=C2\Oc3c(ccc4c3[C@H](c3ccc(OC)c(O)c3)CC(=O)O4)C2=O)c(OC)c1. The zero-order valence-corrected chi connectivity index (χ0v) is 19.3. The molecule has 0 fully saturated rings. The molecule has 0 bridgehead atoms. The van der Waals surface area contributed by atoms with Crippen LogP contribution in [0.5, 0.6) is 34.5 Å². The molecule has 2 aliphatic rings. The number of fused-ring (bicyclic) bond motifs is 3. The van der Waals surface area contributed by atoms with Crippen molar-refractivity contribution >= 4 is 17.8 Å². The molecule has 2 heterocycles. The summed E-state index contributed by atoms with van der Waals surface area (Å²) in [6.45, 7) is 0. The van der Waals surface area contributed by atoms with Gasteiger partial charge in [-0.3, -0.25) is 9.59 Å². The third-order valence-electron chi connectivity index (χ3n) is 6.11. The molecule has 1 atom stereocenters. The Kier molecular flexibility index (Phi) is 5.56. The summed E-state index contributed by atoms with van der Waals surface area (Å²) in [4.78, 5) is 25.6. The van der Waals surface area contributed by atoms with E-state index >= 15 is 0 Å². The highest BCUT2D eigenvalue weighted by atomic mass is 16.5. The molecule has 178 valence electrons. The number of phenolic OH excluding ortho intramolecular Hbond substituents is 1. The van der Waals surface area contributed by atoms with Gasteiger partial charge < -0.3 is 28.8 Å². The predicted octanol–water partition coefficient (Wildman–Crippen LogP) is 4.48. The molecular weight excluding hydrogens is 452 g/mol. The summed E-state index contributed by atoms with van der Waals surface area (Å²) in [5.74, 6) is 0.966. The smallest absolute Gasteiger partial charge is 0.312 e. The van der Waals surface area contributed by atoms with Crippen LogP contribution < -0.4 is 23.7 Å². The van der Waals surface area contributed by atoms with Crippen LogP contribution in [-0.4, -0.2) is 38.2 Å². The predicted molar refractivity (Wildman–Crippen MR) is 126 cm³/mol. The van der Waals surface area contributed by atoms with Crippen LogP contribution in [0.25, 0.3) is 6.08 Å². The Balaban J connectivity index is 1.59. The minimum absolute atomic E-state index is 0.0259. The van der Waals surface area contributed by atoms with Crippen LogP contribution >= 0.6 is 0 Å². The van der Waals surface area contributed by atoms with Crippen molar-refractivity contribution in [2.24, 2.45) is 0 Å². The minimum Gasteiger partial charge on any atom is -0.504 e. The maximum atomic E-state index is 13.2. The molecule has 0 saturated heterocycles. The molecule has 3 aromatic carbocycles. The molecule has 0 unspecified atom stereocenters. The van der Waals surface area contributed by atoms with Crippen LogP contribution in [0.1, 0.15) is 39.4 Å². The van der Waals surface area contributed by atoms with Gasteiger partial charge in [0.15, 0.2) is 17.3 Å². The van der Waals surface area contributed by atoms with E-state index in [0.717, 1.165) is 0 Å². The molecule has 1 N–H and O–H groups in total. The first-order valence-electron chi connectivity index (χ1n) is 10.8. The maximum absolute atomic E-state index is 13.2. The summed E-state index contributed by atoms with van der Waals surface area (Å²) >= 11 is 0. The third-order valence-corrected chi connectivity index (χ3v) is 6.11. The van der Waals surface area contributed by atoms with Gasteiger partial charge in [0.05, 0.1) is 33.3 Å². The first-order chi connectivity index (χ1) is 16.9. The second-order valence-electron chi connectivity index (χ2n) is 8.06. The Hall–Kier alpha value is -4.46. The van der Waals surface area contributed by atoms with E-state index in [4.69, 9.17) is 23.7 Å². The lowest BCUT2D eigenvalue weighted by atomic mass is 9.84. The summed E-state index contributed by atoms with van der Waals surface area (Å²) in [6.07, 6.45) is 1.63. The van der Waals surface area contributed by atoms with Crippen LogP contribution in [0, 0.1) is 0 Å². The van der Waals surface area contributed by atoms with E-state index in [0.29, 0.717) is 51.0 Å². The summed E-state index contributed by atoms with van der Waals surface area (Å²) in [5.41, 5.74) is 2.24. The highest BCUT2D eigenvalue weighted by Crippen LogP contribution is 2.49. The largest absolute Gasteiger partial charge is 0.504 e. The lowest BCUT2D eigenvalue weighted by Gasteiger charge is -2.26. The molecule has 0 aliphatic carbocycles. The fourth-order valence-corrected chi connectivity index (χ4v) is 4.39. The van der Waals surface area contributed by atoms with E-state index in [-0.39, 0.29) is 23.7 Å².